The van der Waals surface area contributed by atoms with E-state index in [9.17, 15) is 4.79 Å². The molecule has 0 bridgehead atoms. The third-order valence-electron chi connectivity index (χ3n) is 5.21. The Hall–Kier alpha value is -0.610. The highest BCUT2D eigenvalue weighted by molar-refractivity contribution is 5.75. The van der Waals surface area contributed by atoms with Crippen molar-refractivity contribution in [2.75, 3.05) is 33.7 Å². The SMILES string of the molecule is CN(C)C(=O)CCCNC1CCC2(CCNCC2)CC1. The number of rotatable bonds is 5. The van der Waals surface area contributed by atoms with Gasteiger partial charge in [0.25, 0.3) is 0 Å². The third-order valence-corrected chi connectivity index (χ3v) is 5.21. The molecule has 0 atom stereocenters. The molecule has 2 fully saturated rings. The fraction of sp³-hybridized carbons (Fsp3) is 0.938. The molecular weight excluding hydrogens is 250 g/mol. The lowest BCUT2D eigenvalue weighted by molar-refractivity contribution is -0.128. The van der Waals surface area contributed by atoms with E-state index in [2.05, 4.69) is 10.6 Å². The summed E-state index contributed by atoms with van der Waals surface area (Å²) in [6.07, 6.45) is 9.80. The third kappa shape index (κ3) is 4.45. The topological polar surface area (TPSA) is 44.4 Å². The quantitative estimate of drug-likeness (QED) is 0.755. The van der Waals surface area contributed by atoms with Gasteiger partial charge in [-0.15, -0.1) is 0 Å². The summed E-state index contributed by atoms with van der Waals surface area (Å²) in [7, 11) is 3.66. The predicted octanol–water partition coefficient (Wildman–Crippen LogP) is 1.76. The minimum Gasteiger partial charge on any atom is -0.349 e. The molecule has 1 spiro atoms. The molecule has 116 valence electrons. The first-order valence-electron chi connectivity index (χ1n) is 8.26. The second kappa shape index (κ2) is 7.41. The lowest BCUT2D eigenvalue weighted by Gasteiger charge is -2.43. The van der Waals surface area contributed by atoms with Gasteiger partial charge in [-0.2, -0.15) is 0 Å². The summed E-state index contributed by atoms with van der Waals surface area (Å²) in [5.41, 5.74) is 0.657. The van der Waals surface area contributed by atoms with Crippen molar-refractivity contribution in [2.24, 2.45) is 5.41 Å². The lowest BCUT2D eigenvalue weighted by atomic mass is 9.67. The Morgan fingerprint density at radius 3 is 2.45 bits per heavy atom. The number of hydrogen-bond donors (Lipinski definition) is 2. The van der Waals surface area contributed by atoms with Crippen LogP contribution in [0.3, 0.4) is 0 Å². The van der Waals surface area contributed by atoms with E-state index in [1.807, 2.05) is 14.1 Å². The molecule has 4 heteroatoms. The zero-order valence-corrected chi connectivity index (χ0v) is 13.2. The van der Waals surface area contributed by atoms with Crippen molar-refractivity contribution < 1.29 is 4.79 Å². The minimum atomic E-state index is 0.240. The van der Waals surface area contributed by atoms with E-state index in [0.29, 0.717) is 17.9 Å². The molecular formula is C16H31N3O. The highest BCUT2D eigenvalue weighted by Crippen LogP contribution is 2.43. The van der Waals surface area contributed by atoms with Crippen molar-refractivity contribution in [3.63, 3.8) is 0 Å². The number of nitrogens with one attached hydrogen (secondary N) is 2. The summed E-state index contributed by atoms with van der Waals surface area (Å²) in [5, 5.41) is 7.13. The molecule has 1 amide bonds. The number of piperidine rings is 1. The summed E-state index contributed by atoms with van der Waals surface area (Å²) in [6.45, 7) is 3.41. The van der Waals surface area contributed by atoms with Crippen molar-refractivity contribution in [3.8, 4) is 0 Å². The van der Waals surface area contributed by atoms with Crippen LogP contribution < -0.4 is 10.6 Å². The van der Waals surface area contributed by atoms with Crippen LogP contribution in [-0.4, -0.2) is 50.6 Å². The van der Waals surface area contributed by atoms with Gasteiger partial charge in [0.15, 0.2) is 0 Å². The molecule has 0 aromatic heterocycles. The lowest BCUT2D eigenvalue weighted by Crippen LogP contribution is -2.43. The fourth-order valence-corrected chi connectivity index (χ4v) is 3.66. The molecule has 4 nitrogen and oxygen atoms in total. The second-order valence-electron chi connectivity index (χ2n) is 6.87. The first-order chi connectivity index (χ1) is 9.61. The molecule has 1 saturated carbocycles. The second-order valence-corrected chi connectivity index (χ2v) is 6.87. The van der Waals surface area contributed by atoms with Crippen LogP contribution in [0.4, 0.5) is 0 Å². The molecule has 1 aliphatic carbocycles. The Morgan fingerprint density at radius 2 is 1.85 bits per heavy atom. The highest BCUT2D eigenvalue weighted by atomic mass is 16.2. The van der Waals surface area contributed by atoms with Crippen LogP contribution in [0.15, 0.2) is 0 Å². The number of carbonyl (C=O) groups excluding carboxylic acids is 1. The van der Waals surface area contributed by atoms with Crippen LogP contribution in [0.5, 0.6) is 0 Å². The van der Waals surface area contributed by atoms with Gasteiger partial charge in [0.2, 0.25) is 5.91 Å². The summed E-state index contributed by atoms with van der Waals surface area (Å²) in [6, 6.07) is 0.685. The van der Waals surface area contributed by atoms with Crippen LogP contribution >= 0.6 is 0 Å². The summed E-state index contributed by atoms with van der Waals surface area (Å²) in [4.78, 5) is 13.2. The van der Waals surface area contributed by atoms with E-state index in [1.165, 1.54) is 51.6 Å². The number of carbonyl (C=O) groups is 1. The Morgan fingerprint density at radius 1 is 1.20 bits per heavy atom. The maximum atomic E-state index is 11.5. The smallest absolute Gasteiger partial charge is 0.222 e. The fourth-order valence-electron chi connectivity index (χ4n) is 3.66. The van der Waals surface area contributed by atoms with Crippen molar-refractivity contribution in [2.45, 2.75) is 57.4 Å². The minimum absolute atomic E-state index is 0.240. The van der Waals surface area contributed by atoms with Crippen LogP contribution in [0.25, 0.3) is 0 Å². The van der Waals surface area contributed by atoms with Gasteiger partial charge in [-0.25, -0.2) is 0 Å². The summed E-state index contributed by atoms with van der Waals surface area (Å²) < 4.78 is 0. The molecule has 2 aliphatic rings. The van der Waals surface area contributed by atoms with Gasteiger partial charge in [0.1, 0.15) is 0 Å². The molecule has 0 radical (unpaired) electrons. The molecule has 2 N–H and O–H groups in total. The van der Waals surface area contributed by atoms with Crippen molar-refractivity contribution in [1.82, 2.24) is 15.5 Å². The van der Waals surface area contributed by atoms with Crippen LogP contribution in [0.1, 0.15) is 51.4 Å². The average Bonchev–Trinajstić information content (AvgIpc) is 2.46. The monoisotopic (exact) mass is 281 g/mol. The predicted molar refractivity (Wildman–Crippen MR) is 82.7 cm³/mol. The molecule has 0 aromatic carbocycles. The largest absolute Gasteiger partial charge is 0.349 e. The zero-order chi connectivity index (χ0) is 14.4. The van der Waals surface area contributed by atoms with E-state index in [1.54, 1.807) is 4.90 Å². The maximum absolute atomic E-state index is 11.5. The maximum Gasteiger partial charge on any atom is 0.222 e. The highest BCUT2D eigenvalue weighted by Gasteiger charge is 2.35. The number of amides is 1. The zero-order valence-electron chi connectivity index (χ0n) is 13.2. The Kier molecular flexibility index (Phi) is 5.85. The van der Waals surface area contributed by atoms with Crippen molar-refractivity contribution in [1.29, 1.82) is 0 Å². The molecule has 1 aliphatic heterocycles. The van der Waals surface area contributed by atoms with Gasteiger partial charge in [-0.1, -0.05) is 0 Å². The van der Waals surface area contributed by atoms with Gasteiger partial charge in [0.05, 0.1) is 0 Å². The van der Waals surface area contributed by atoms with Crippen molar-refractivity contribution in [3.05, 3.63) is 0 Å². The standard InChI is InChI=1S/C16H31N3O/c1-19(2)15(20)4-3-11-18-14-5-7-16(8-6-14)9-12-17-13-10-16/h14,17-18H,3-13H2,1-2H3. The summed E-state index contributed by atoms with van der Waals surface area (Å²) in [5.74, 6) is 0.240. The number of nitrogens with zero attached hydrogens (tertiary/aromatic N) is 1. The van der Waals surface area contributed by atoms with E-state index in [-0.39, 0.29) is 5.91 Å². The van der Waals surface area contributed by atoms with Gasteiger partial charge in [0, 0.05) is 26.6 Å². The Bertz CT molecular complexity index is 301. The average molecular weight is 281 g/mol. The molecule has 0 unspecified atom stereocenters. The Balaban J connectivity index is 1.59. The first kappa shape index (κ1) is 15.8. The van der Waals surface area contributed by atoms with E-state index < -0.39 is 0 Å². The molecule has 0 aromatic rings. The van der Waals surface area contributed by atoms with Crippen LogP contribution in [0.2, 0.25) is 0 Å². The normalized spacial score (nSPS) is 22.9. The number of hydrogen-bond acceptors (Lipinski definition) is 3. The first-order valence-corrected chi connectivity index (χ1v) is 8.26. The molecule has 2 rings (SSSR count). The van der Waals surface area contributed by atoms with Crippen molar-refractivity contribution >= 4 is 5.91 Å². The van der Waals surface area contributed by atoms with Gasteiger partial charge in [-0.3, -0.25) is 4.79 Å². The van der Waals surface area contributed by atoms with Crippen LogP contribution in [-0.2, 0) is 4.79 Å². The van der Waals surface area contributed by atoms with E-state index in [4.69, 9.17) is 0 Å². The molecule has 20 heavy (non-hydrogen) atoms. The van der Waals surface area contributed by atoms with Gasteiger partial charge >= 0.3 is 0 Å². The Labute approximate surface area is 123 Å². The summed E-state index contributed by atoms with van der Waals surface area (Å²) >= 11 is 0. The van der Waals surface area contributed by atoms with Gasteiger partial charge < -0.3 is 15.5 Å². The molecule has 1 heterocycles. The van der Waals surface area contributed by atoms with Crippen LogP contribution in [0, 0.1) is 5.41 Å². The molecule has 1 saturated heterocycles. The van der Waals surface area contributed by atoms with E-state index in [0.717, 1.165) is 13.0 Å². The van der Waals surface area contributed by atoms with E-state index >= 15 is 0 Å². The van der Waals surface area contributed by atoms with Gasteiger partial charge in [-0.05, 0) is 70.0 Å².